The summed E-state index contributed by atoms with van der Waals surface area (Å²) in [5.74, 6) is -0.0955. The van der Waals surface area contributed by atoms with E-state index in [0.717, 1.165) is 28.2 Å². The van der Waals surface area contributed by atoms with Gasteiger partial charge in [-0.25, -0.2) is 4.98 Å². The van der Waals surface area contributed by atoms with Crippen LogP contribution in [0.3, 0.4) is 0 Å². The molecule has 2 unspecified atom stereocenters. The Morgan fingerprint density at radius 2 is 2.14 bits per heavy atom. The zero-order valence-electron chi connectivity index (χ0n) is 16.1. The van der Waals surface area contributed by atoms with Crippen molar-refractivity contribution in [1.29, 1.82) is 0 Å². The fourth-order valence-corrected chi connectivity index (χ4v) is 4.77. The number of anilines is 1. The van der Waals surface area contributed by atoms with Gasteiger partial charge in [-0.05, 0) is 36.6 Å². The maximum atomic E-state index is 13.3. The van der Waals surface area contributed by atoms with Gasteiger partial charge in [0.15, 0.2) is 0 Å². The van der Waals surface area contributed by atoms with Gasteiger partial charge in [0, 0.05) is 30.3 Å². The highest BCUT2D eigenvalue weighted by Gasteiger charge is 2.59. The third-order valence-electron chi connectivity index (χ3n) is 6.16. The third-order valence-corrected chi connectivity index (χ3v) is 6.16. The maximum absolute atomic E-state index is 13.3. The number of nitrogens with one attached hydrogen (secondary N) is 2. The van der Waals surface area contributed by atoms with Crippen LogP contribution in [0.15, 0.2) is 55.1 Å². The third kappa shape index (κ3) is 2.57. The number of likely N-dealkylation sites (tertiary alicyclic amines) is 1. The first-order valence-corrected chi connectivity index (χ1v) is 9.70. The molecule has 7 nitrogen and oxygen atoms in total. The lowest BCUT2D eigenvalue weighted by atomic mass is 9.73. The highest BCUT2D eigenvalue weighted by molar-refractivity contribution is 6.07. The summed E-state index contributed by atoms with van der Waals surface area (Å²) in [5.41, 5.74) is 3.44. The topological polar surface area (TPSA) is 91.0 Å². The molecular formula is C22H21N5O2. The van der Waals surface area contributed by atoms with Gasteiger partial charge in [-0.1, -0.05) is 24.3 Å². The van der Waals surface area contributed by atoms with Crippen LogP contribution in [-0.2, 0) is 21.4 Å². The van der Waals surface area contributed by atoms with Gasteiger partial charge >= 0.3 is 0 Å². The average Bonchev–Trinajstić information content (AvgIpc) is 3.41. The summed E-state index contributed by atoms with van der Waals surface area (Å²) in [6.45, 7) is 2.41. The molecule has 4 heterocycles. The zero-order valence-corrected chi connectivity index (χ0v) is 16.1. The molecule has 1 saturated heterocycles. The average molecular weight is 387 g/mol. The molecule has 2 aliphatic heterocycles. The summed E-state index contributed by atoms with van der Waals surface area (Å²) in [6.07, 6.45) is 5.83. The number of nitrogens with zero attached hydrogens (tertiary/aromatic N) is 3. The lowest BCUT2D eigenvalue weighted by molar-refractivity contribution is -0.133. The number of carbonyl (C=O) groups excluding carboxylic acids is 2. The van der Waals surface area contributed by atoms with Crippen LogP contribution in [0.5, 0.6) is 0 Å². The van der Waals surface area contributed by atoms with Crippen molar-refractivity contribution in [2.45, 2.75) is 31.2 Å². The van der Waals surface area contributed by atoms with E-state index in [0.29, 0.717) is 13.0 Å². The molecule has 0 saturated carbocycles. The van der Waals surface area contributed by atoms with E-state index in [-0.39, 0.29) is 18.2 Å². The number of aromatic amines is 1. The molecule has 0 radical (unpaired) electrons. The number of carbonyl (C=O) groups is 2. The zero-order chi connectivity index (χ0) is 20.0. The number of hydrogen-bond donors (Lipinski definition) is 2. The normalized spacial score (nSPS) is 22.7. The van der Waals surface area contributed by atoms with E-state index in [1.54, 1.807) is 18.7 Å². The number of fused-ring (bicyclic) bond motifs is 2. The largest absolute Gasteiger partial charge is 0.348 e. The molecule has 2 aromatic heterocycles. The van der Waals surface area contributed by atoms with Crippen LogP contribution in [0.4, 0.5) is 5.69 Å². The molecule has 7 heteroatoms. The van der Waals surface area contributed by atoms with Crippen molar-refractivity contribution in [3.63, 3.8) is 0 Å². The van der Waals surface area contributed by atoms with Crippen LogP contribution in [-0.4, -0.2) is 38.2 Å². The summed E-state index contributed by atoms with van der Waals surface area (Å²) in [6, 6.07) is 11.1. The lowest BCUT2D eigenvalue weighted by Gasteiger charge is -2.34. The second-order valence-electron chi connectivity index (χ2n) is 7.65. The Kier molecular flexibility index (Phi) is 3.97. The van der Waals surface area contributed by atoms with Crippen molar-refractivity contribution in [2.24, 2.45) is 0 Å². The first-order chi connectivity index (χ1) is 14.1. The van der Waals surface area contributed by atoms with Crippen molar-refractivity contribution in [3.8, 4) is 0 Å². The van der Waals surface area contributed by atoms with E-state index in [1.165, 1.54) is 0 Å². The molecule has 1 aromatic carbocycles. The summed E-state index contributed by atoms with van der Waals surface area (Å²) < 4.78 is 0. The van der Waals surface area contributed by atoms with Crippen LogP contribution in [0.1, 0.15) is 35.0 Å². The molecule has 1 spiro atoms. The number of benzene rings is 1. The minimum absolute atomic E-state index is 0.0388. The monoisotopic (exact) mass is 387 g/mol. The van der Waals surface area contributed by atoms with Crippen LogP contribution in [0.25, 0.3) is 0 Å². The molecule has 2 amide bonds. The van der Waals surface area contributed by atoms with Crippen LogP contribution >= 0.6 is 0 Å². The Balaban J connectivity index is 1.60. The van der Waals surface area contributed by atoms with Gasteiger partial charge in [0.05, 0.1) is 24.5 Å². The molecule has 1 fully saturated rings. The number of hydrogen-bond acceptors (Lipinski definition) is 4. The molecule has 0 bridgehead atoms. The first-order valence-electron chi connectivity index (χ1n) is 9.70. The number of imidazole rings is 1. The maximum Gasteiger partial charge on any atom is 0.237 e. The van der Waals surface area contributed by atoms with Crippen LogP contribution in [0, 0.1) is 6.92 Å². The molecule has 3 aromatic rings. The predicted molar refractivity (Wildman–Crippen MR) is 107 cm³/mol. The van der Waals surface area contributed by atoms with Gasteiger partial charge in [-0.3, -0.25) is 14.6 Å². The van der Waals surface area contributed by atoms with E-state index in [9.17, 15) is 9.59 Å². The van der Waals surface area contributed by atoms with Crippen molar-refractivity contribution < 1.29 is 9.59 Å². The van der Waals surface area contributed by atoms with Gasteiger partial charge in [0.1, 0.15) is 5.41 Å². The molecule has 0 aliphatic carbocycles. The minimum Gasteiger partial charge on any atom is -0.348 e. The van der Waals surface area contributed by atoms with Gasteiger partial charge in [0.25, 0.3) is 0 Å². The number of amides is 2. The Morgan fingerprint density at radius 3 is 2.90 bits per heavy atom. The summed E-state index contributed by atoms with van der Waals surface area (Å²) in [4.78, 5) is 40.0. The Labute approximate surface area is 168 Å². The number of para-hydroxylation sites is 1. The summed E-state index contributed by atoms with van der Waals surface area (Å²) in [5, 5.41) is 3.03. The first kappa shape index (κ1) is 17.6. The molecular weight excluding hydrogens is 366 g/mol. The second kappa shape index (κ2) is 6.55. The number of aryl methyl sites for hydroxylation is 1. The Hall–Kier alpha value is -3.48. The highest BCUT2D eigenvalue weighted by atomic mass is 16.2. The molecule has 2 atom stereocenters. The SMILES string of the molecule is Cc1[nH]cnc1CC(=O)N1CCC2(C(=O)Nc3ccccc32)C1c1cccnc1. The Bertz CT molecular complexity index is 1090. The van der Waals surface area contributed by atoms with Crippen LogP contribution < -0.4 is 5.32 Å². The fraction of sp³-hybridized carbons (Fsp3) is 0.273. The van der Waals surface area contributed by atoms with Gasteiger partial charge in [-0.15, -0.1) is 0 Å². The molecule has 146 valence electrons. The van der Waals surface area contributed by atoms with E-state index < -0.39 is 11.5 Å². The Morgan fingerprint density at radius 1 is 1.28 bits per heavy atom. The number of aromatic nitrogens is 3. The predicted octanol–water partition coefficient (Wildman–Crippen LogP) is 2.52. The second-order valence-corrected chi connectivity index (χ2v) is 7.65. The van der Waals surface area contributed by atoms with E-state index in [4.69, 9.17) is 0 Å². The van der Waals surface area contributed by atoms with E-state index in [2.05, 4.69) is 20.3 Å². The van der Waals surface area contributed by atoms with Gasteiger partial charge < -0.3 is 15.2 Å². The summed E-state index contributed by atoms with van der Waals surface area (Å²) >= 11 is 0. The number of rotatable bonds is 3. The summed E-state index contributed by atoms with van der Waals surface area (Å²) in [7, 11) is 0. The quantitative estimate of drug-likeness (QED) is 0.722. The molecule has 29 heavy (non-hydrogen) atoms. The van der Waals surface area contributed by atoms with Crippen LogP contribution in [0.2, 0.25) is 0 Å². The molecule has 2 aliphatic rings. The van der Waals surface area contributed by atoms with Gasteiger partial charge in [-0.2, -0.15) is 0 Å². The lowest BCUT2D eigenvalue weighted by Crippen LogP contribution is -2.43. The fourth-order valence-electron chi connectivity index (χ4n) is 4.77. The minimum atomic E-state index is -0.810. The molecule has 2 N–H and O–H groups in total. The smallest absolute Gasteiger partial charge is 0.237 e. The highest BCUT2D eigenvalue weighted by Crippen LogP contribution is 2.54. The van der Waals surface area contributed by atoms with E-state index in [1.807, 2.05) is 48.2 Å². The van der Waals surface area contributed by atoms with Crippen molar-refractivity contribution in [1.82, 2.24) is 19.9 Å². The van der Waals surface area contributed by atoms with Crippen molar-refractivity contribution >= 4 is 17.5 Å². The standard InChI is InChI=1S/C22H21N5O2/c1-14-18(25-13-24-14)11-19(28)27-10-8-22(20(27)15-5-4-9-23-12-15)16-6-2-3-7-17(16)26-21(22)29/h2-7,9,12-13,20H,8,10-11H2,1H3,(H,24,25)(H,26,29). The number of pyridine rings is 1. The van der Waals surface area contributed by atoms with E-state index >= 15 is 0 Å². The van der Waals surface area contributed by atoms with Gasteiger partial charge in [0.2, 0.25) is 11.8 Å². The number of H-pyrrole nitrogens is 1. The van der Waals surface area contributed by atoms with Crippen molar-refractivity contribution in [2.75, 3.05) is 11.9 Å². The molecule has 5 rings (SSSR count). The van der Waals surface area contributed by atoms with Crippen molar-refractivity contribution in [3.05, 3.63) is 77.6 Å².